The van der Waals surface area contributed by atoms with E-state index in [-0.39, 0.29) is 18.2 Å². The van der Waals surface area contributed by atoms with E-state index in [1.54, 1.807) is 11.3 Å². The van der Waals surface area contributed by atoms with Crippen LogP contribution in [0.4, 0.5) is 5.69 Å². The molecule has 1 aliphatic heterocycles. The average Bonchev–Trinajstić information content (AvgIpc) is 3.08. The Balaban J connectivity index is 0.00000192. The molecular formula is C17H20Cl2N2OS. The second-order valence-corrected chi connectivity index (χ2v) is 6.71. The predicted molar refractivity (Wildman–Crippen MR) is 101 cm³/mol. The van der Waals surface area contributed by atoms with E-state index < -0.39 is 0 Å². The summed E-state index contributed by atoms with van der Waals surface area (Å²) < 4.78 is 0. The van der Waals surface area contributed by atoms with Crippen molar-refractivity contribution in [2.75, 3.05) is 37.6 Å². The van der Waals surface area contributed by atoms with Gasteiger partial charge in [0.2, 0.25) is 0 Å². The summed E-state index contributed by atoms with van der Waals surface area (Å²) in [6.07, 6.45) is 0.609. The number of carbonyl (C=O) groups excluding carboxylic acids is 1. The van der Waals surface area contributed by atoms with Gasteiger partial charge < -0.3 is 4.90 Å². The molecular weight excluding hydrogens is 351 g/mol. The number of piperazine rings is 1. The molecule has 0 atom stereocenters. The average molecular weight is 371 g/mol. The number of nitrogens with zero attached hydrogens (tertiary/aromatic N) is 2. The van der Waals surface area contributed by atoms with Crippen LogP contribution in [-0.4, -0.2) is 43.4 Å². The van der Waals surface area contributed by atoms with Crippen LogP contribution in [0.2, 0.25) is 5.02 Å². The van der Waals surface area contributed by atoms with Gasteiger partial charge in [-0.05, 0) is 35.7 Å². The molecule has 3 nitrogen and oxygen atoms in total. The van der Waals surface area contributed by atoms with E-state index in [1.165, 1.54) is 5.69 Å². The molecule has 0 aliphatic carbocycles. The van der Waals surface area contributed by atoms with Gasteiger partial charge in [-0.15, -0.1) is 12.4 Å². The van der Waals surface area contributed by atoms with Crippen LogP contribution in [0.25, 0.3) is 0 Å². The molecule has 6 heteroatoms. The summed E-state index contributed by atoms with van der Waals surface area (Å²) in [7, 11) is 0. The number of anilines is 1. The molecule has 0 saturated carbocycles. The van der Waals surface area contributed by atoms with Crippen molar-refractivity contribution in [3.63, 3.8) is 0 Å². The summed E-state index contributed by atoms with van der Waals surface area (Å²) in [5.41, 5.74) is 2.07. The largest absolute Gasteiger partial charge is 0.369 e. The Bertz CT molecular complexity index is 608. The highest BCUT2D eigenvalue weighted by atomic mass is 35.5. The maximum absolute atomic E-state index is 12.0. The Labute approximate surface area is 152 Å². The van der Waals surface area contributed by atoms with E-state index >= 15 is 0 Å². The lowest BCUT2D eigenvalue weighted by Crippen LogP contribution is -2.46. The first-order chi connectivity index (χ1) is 10.7. The quantitative estimate of drug-likeness (QED) is 0.736. The van der Waals surface area contributed by atoms with Crippen LogP contribution in [0, 0.1) is 0 Å². The molecule has 1 aromatic heterocycles. The third kappa shape index (κ3) is 4.95. The fraction of sp³-hybridized carbons (Fsp3) is 0.353. The third-order valence-electron chi connectivity index (χ3n) is 4.06. The van der Waals surface area contributed by atoms with Gasteiger partial charge in [-0.2, -0.15) is 11.3 Å². The molecule has 1 aromatic carbocycles. The van der Waals surface area contributed by atoms with E-state index in [1.807, 2.05) is 29.0 Å². The molecule has 23 heavy (non-hydrogen) atoms. The van der Waals surface area contributed by atoms with Crippen molar-refractivity contribution in [1.82, 2.24) is 4.90 Å². The first-order valence-corrected chi connectivity index (χ1v) is 8.83. The number of halogens is 2. The summed E-state index contributed by atoms with van der Waals surface area (Å²) in [5.74, 6) is 0.251. The molecule has 0 unspecified atom stereocenters. The minimum atomic E-state index is 0. The Hall–Kier alpha value is -1.07. The molecule has 1 fully saturated rings. The second kappa shape index (κ2) is 8.69. The number of ketones is 1. The fourth-order valence-electron chi connectivity index (χ4n) is 2.71. The molecule has 2 heterocycles. The number of carbonyl (C=O) groups is 1. The lowest BCUT2D eigenvalue weighted by Gasteiger charge is -2.36. The minimum absolute atomic E-state index is 0. The number of benzene rings is 1. The summed E-state index contributed by atoms with van der Waals surface area (Å²) in [6, 6.07) is 9.91. The lowest BCUT2D eigenvalue weighted by atomic mass is 10.1. The molecule has 0 N–H and O–H groups in total. The number of Topliss-reactive ketones (excluding diaryl/α,β-unsaturated/α-hetero) is 1. The van der Waals surface area contributed by atoms with Gasteiger partial charge in [-0.3, -0.25) is 9.69 Å². The van der Waals surface area contributed by atoms with Gasteiger partial charge in [0.15, 0.2) is 5.78 Å². The van der Waals surface area contributed by atoms with Gasteiger partial charge in [0.1, 0.15) is 0 Å². The van der Waals surface area contributed by atoms with Crippen molar-refractivity contribution in [2.24, 2.45) is 0 Å². The van der Waals surface area contributed by atoms with Gasteiger partial charge in [-0.1, -0.05) is 11.6 Å². The standard InChI is InChI=1S/C17H19ClN2OS.ClH/c18-15-1-3-16(4-2-15)20-10-8-19(9-11-20)7-5-17(21)14-6-12-22-13-14;/h1-4,6,12-13H,5,7-11H2;1H. The molecule has 1 saturated heterocycles. The molecule has 124 valence electrons. The number of hydrogen-bond donors (Lipinski definition) is 0. The highest BCUT2D eigenvalue weighted by molar-refractivity contribution is 7.08. The normalized spacial score (nSPS) is 15.3. The smallest absolute Gasteiger partial charge is 0.164 e. The van der Waals surface area contributed by atoms with Gasteiger partial charge >= 0.3 is 0 Å². The Morgan fingerprint density at radius 3 is 2.39 bits per heavy atom. The molecule has 0 radical (unpaired) electrons. The first-order valence-electron chi connectivity index (χ1n) is 7.50. The molecule has 0 amide bonds. The van der Waals surface area contributed by atoms with Gasteiger partial charge in [0.25, 0.3) is 0 Å². The first kappa shape index (κ1) is 18.3. The van der Waals surface area contributed by atoms with Crippen LogP contribution < -0.4 is 4.90 Å². The van der Waals surface area contributed by atoms with Crippen LogP contribution in [0.1, 0.15) is 16.8 Å². The minimum Gasteiger partial charge on any atom is -0.369 e. The maximum atomic E-state index is 12.0. The number of rotatable bonds is 5. The van der Waals surface area contributed by atoms with Gasteiger partial charge in [-0.25, -0.2) is 0 Å². The van der Waals surface area contributed by atoms with E-state index in [4.69, 9.17) is 11.6 Å². The van der Waals surface area contributed by atoms with E-state index in [0.29, 0.717) is 6.42 Å². The van der Waals surface area contributed by atoms with E-state index in [2.05, 4.69) is 21.9 Å². The molecule has 0 spiro atoms. The SMILES string of the molecule is Cl.O=C(CCN1CCN(c2ccc(Cl)cc2)CC1)c1ccsc1. The van der Waals surface area contributed by atoms with E-state index in [9.17, 15) is 4.79 Å². The van der Waals surface area contributed by atoms with Crippen molar-refractivity contribution in [1.29, 1.82) is 0 Å². The predicted octanol–water partition coefficient (Wildman–Crippen LogP) is 4.22. The third-order valence-corrected chi connectivity index (χ3v) is 5.00. The maximum Gasteiger partial charge on any atom is 0.164 e. The van der Waals surface area contributed by atoms with Crippen LogP contribution in [0.5, 0.6) is 0 Å². The number of hydrogen-bond acceptors (Lipinski definition) is 4. The van der Waals surface area contributed by atoms with Crippen molar-refractivity contribution >= 4 is 46.8 Å². The topological polar surface area (TPSA) is 23.6 Å². The summed E-state index contributed by atoms with van der Waals surface area (Å²) in [6.45, 7) is 4.84. The summed E-state index contributed by atoms with van der Waals surface area (Å²) in [4.78, 5) is 16.8. The lowest BCUT2D eigenvalue weighted by molar-refractivity contribution is 0.0963. The summed E-state index contributed by atoms with van der Waals surface area (Å²) in [5, 5.41) is 4.66. The van der Waals surface area contributed by atoms with E-state index in [0.717, 1.165) is 43.3 Å². The van der Waals surface area contributed by atoms with Crippen molar-refractivity contribution < 1.29 is 4.79 Å². The second-order valence-electron chi connectivity index (χ2n) is 5.49. The Morgan fingerprint density at radius 1 is 1.09 bits per heavy atom. The number of thiophene rings is 1. The van der Waals surface area contributed by atoms with Crippen LogP contribution in [-0.2, 0) is 0 Å². The van der Waals surface area contributed by atoms with Crippen LogP contribution >= 0.6 is 35.3 Å². The molecule has 0 bridgehead atoms. The Morgan fingerprint density at radius 2 is 1.78 bits per heavy atom. The zero-order valence-corrected chi connectivity index (χ0v) is 15.2. The highest BCUT2D eigenvalue weighted by Crippen LogP contribution is 2.19. The monoisotopic (exact) mass is 370 g/mol. The highest BCUT2D eigenvalue weighted by Gasteiger charge is 2.18. The van der Waals surface area contributed by atoms with Crippen molar-refractivity contribution in [2.45, 2.75) is 6.42 Å². The molecule has 2 aromatic rings. The zero-order chi connectivity index (χ0) is 15.4. The Kier molecular flexibility index (Phi) is 6.90. The van der Waals surface area contributed by atoms with Crippen molar-refractivity contribution in [3.05, 3.63) is 51.7 Å². The van der Waals surface area contributed by atoms with Crippen LogP contribution in [0.15, 0.2) is 41.1 Å². The van der Waals surface area contributed by atoms with Gasteiger partial charge in [0.05, 0.1) is 0 Å². The van der Waals surface area contributed by atoms with Gasteiger partial charge in [0, 0.05) is 60.8 Å². The fourth-order valence-corrected chi connectivity index (χ4v) is 3.50. The summed E-state index contributed by atoms with van der Waals surface area (Å²) >= 11 is 7.51. The molecule has 1 aliphatic rings. The van der Waals surface area contributed by atoms with Crippen molar-refractivity contribution in [3.8, 4) is 0 Å². The van der Waals surface area contributed by atoms with Crippen LogP contribution in [0.3, 0.4) is 0 Å². The zero-order valence-electron chi connectivity index (χ0n) is 12.8. The molecule has 3 rings (SSSR count).